The number of carboxylic acid groups (broad SMARTS) is 1. The zero-order chi connectivity index (χ0) is 26.5. The van der Waals surface area contributed by atoms with E-state index in [1.165, 1.54) is 0 Å². The summed E-state index contributed by atoms with van der Waals surface area (Å²) in [6.45, 7) is 8.00. The summed E-state index contributed by atoms with van der Waals surface area (Å²) in [7, 11) is 0. The lowest BCUT2D eigenvalue weighted by Crippen LogP contribution is -2.52. The molecule has 10 nitrogen and oxygen atoms in total. The first-order valence-corrected chi connectivity index (χ1v) is 12.0. The molecule has 7 N–H and O–H groups in total. The molecular weight excluding hydrogens is 452 g/mol. The lowest BCUT2D eigenvalue weighted by molar-refractivity contribution is -0.142. The van der Waals surface area contributed by atoms with Crippen molar-refractivity contribution in [3.05, 3.63) is 35.4 Å². The van der Waals surface area contributed by atoms with Crippen LogP contribution in [0.3, 0.4) is 0 Å². The molecule has 35 heavy (non-hydrogen) atoms. The topological polar surface area (TPSA) is 171 Å². The Morgan fingerprint density at radius 1 is 0.857 bits per heavy atom. The van der Waals surface area contributed by atoms with Crippen molar-refractivity contribution in [2.24, 2.45) is 29.4 Å². The lowest BCUT2D eigenvalue weighted by Gasteiger charge is -2.29. The maximum atomic E-state index is 13.4. The molecule has 3 amide bonds. The first kappa shape index (κ1) is 30.1. The van der Waals surface area contributed by atoms with E-state index in [4.69, 9.17) is 10.8 Å². The van der Waals surface area contributed by atoms with Crippen LogP contribution in [0.25, 0.3) is 0 Å². The SMILES string of the molecule is CC(C)C[C@H](C(=O)NO)[C@@H](CC(C)C)C(=O)N[C@@H](Cc1ccc(CN)cc1)C(=O)NCCC(=O)O. The van der Waals surface area contributed by atoms with Gasteiger partial charge in [-0.15, -0.1) is 0 Å². The number of nitrogens with two attached hydrogens (primary N) is 1. The predicted octanol–water partition coefficient (Wildman–Crippen LogP) is 1.59. The van der Waals surface area contributed by atoms with Gasteiger partial charge in [-0.25, -0.2) is 5.48 Å². The van der Waals surface area contributed by atoms with Crippen molar-refractivity contribution < 1.29 is 29.5 Å². The van der Waals surface area contributed by atoms with E-state index in [9.17, 15) is 24.4 Å². The molecule has 0 saturated carbocycles. The minimum absolute atomic E-state index is 0.0784. The molecule has 0 fully saturated rings. The highest BCUT2D eigenvalue weighted by molar-refractivity contribution is 5.91. The molecule has 0 aliphatic heterocycles. The fourth-order valence-corrected chi connectivity index (χ4v) is 3.96. The smallest absolute Gasteiger partial charge is 0.305 e. The van der Waals surface area contributed by atoms with Gasteiger partial charge in [0.2, 0.25) is 17.7 Å². The Morgan fingerprint density at radius 3 is 1.83 bits per heavy atom. The number of benzene rings is 1. The number of amides is 3. The number of carboxylic acids is 1. The van der Waals surface area contributed by atoms with Gasteiger partial charge in [0.25, 0.3) is 0 Å². The minimum Gasteiger partial charge on any atom is -0.481 e. The molecule has 196 valence electrons. The van der Waals surface area contributed by atoms with E-state index >= 15 is 0 Å². The van der Waals surface area contributed by atoms with Crippen LogP contribution in [0.1, 0.15) is 58.1 Å². The average molecular weight is 493 g/mol. The van der Waals surface area contributed by atoms with Crippen LogP contribution in [0.2, 0.25) is 0 Å². The van der Waals surface area contributed by atoms with E-state index in [1.807, 2.05) is 52.0 Å². The molecule has 0 unspecified atom stereocenters. The van der Waals surface area contributed by atoms with Crippen molar-refractivity contribution >= 4 is 23.7 Å². The Labute approximate surface area is 207 Å². The molecule has 0 spiro atoms. The van der Waals surface area contributed by atoms with Gasteiger partial charge in [0.15, 0.2) is 0 Å². The van der Waals surface area contributed by atoms with Crippen molar-refractivity contribution in [3.8, 4) is 0 Å². The Hall–Kier alpha value is -2.98. The second-order valence-corrected chi connectivity index (χ2v) is 9.67. The maximum Gasteiger partial charge on any atom is 0.305 e. The Bertz CT molecular complexity index is 841. The van der Waals surface area contributed by atoms with E-state index in [0.29, 0.717) is 19.4 Å². The summed E-state index contributed by atoms with van der Waals surface area (Å²) in [5, 5.41) is 23.5. The Kier molecular flexibility index (Phi) is 13.0. The number of hydroxylamine groups is 1. The molecule has 10 heteroatoms. The van der Waals surface area contributed by atoms with Crippen LogP contribution in [-0.2, 0) is 32.1 Å². The molecule has 0 saturated heterocycles. The van der Waals surface area contributed by atoms with Crippen molar-refractivity contribution in [3.63, 3.8) is 0 Å². The number of nitrogens with one attached hydrogen (secondary N) is 3. The molecule has 0 aromatic heterocycles. The molecule has 0 heterocycles. The van der Waals surface area contributed by atoms with Crippen LogP contribution in [0.15, 0.2) is 24.3 Å². The molecule has 0 radical (unpaired) electrons. The van der Waals surface area contributed by atoms with Crippen molar-refractivity contribution in [2.45, 2.75) is 66.0 Å². The zero-order valence-electron chi connectivity index (χ0n) is 21.0. The van der Waals surface area contributed by atoms with E-state index in [0.717, 1.165) is 11.1 Å². The van der Waals surface area contributed by atoms with Crippen LogP contribution < -0.4 is 21.8 Å². The minimum atomic E-state index is -1.05. The molecule has 1 aromatic carbocycles. The fourth-order valence-electron chi connectivity index (χ4n) is 3.96. The number of rotatable bonds is 15. The summed E-state index contributed by atoms with van der Waals surface area (Å²) in [6.07, 6.45) is 0.689. The summed E-state index contributed by atoms with van der Waals surface area (Å²) in [5.41, 5.74) is 9.03. The van der Waals surface area contributed by atoms with E-state index < -0.39 is 41.6 Å². The largest absolute Gasteiger partial charge is 0.481 e. The van der Waals surface area contributed by atoms with Gasteiger partial charge in [-0.05, 0) is 35.8 Å². The third-order valence-corrected chi connectivity index (χ3v) is 5.69. The van der Waals surface area contributed by atoms with Gasteiger partial charge in [0.1, 0.15) is 6.04 Å². The maximum absolute atomic E-state index is 13.4. The Morgan fingerprint density at radius 2 is 1.37 bits per heavy atom. The van der Waals surface area contributed by atoms with Crippen LogP contribution >= 0.6 is 0 Å². The average Bonchev–Trinajstić information content (AvgIpc) is 2.80. The lowest BCUT2D eigenvalue weighted by atomic mass is 9.79. The Balaban J connectivity index is 3.19. The van der Waals surface area contributed by atoms with E-state index in [1.54, 1.807) is 5.48 Å². The third kappa shape index (κ3) is 10.9. The number of hydrogen-bond acceptors (Lipinski definition) is 6. The zero-order valence-corrected chi connectivity index (χ0v) is 21.0. The molecular formula is C25H40N4O6. The fraction of sp³-hybridized carbons (Fsp3) is 0.600. The van der Waals surface area contributed by atoms with Gasteiger partial charge in [0, 0.05) is 25.4 Å². The van der Waals surface area contributed by atoms with Crippen LogP contribution in [0, 0.1) is 23.7 Å². The summed E-state index contributed by atoms with van der Waals surface area (Å²) in [4.78, 5) is 49.7. The third-order valence-electron chi connectivity index (χ3n) is 5.69. The standard InChI is InChI=1S/C25H40N4O6/c1-15(2)11-19(20(12-16(3)4)24(33)29-35)23(32)28-21(25(34)27-10-9-22(30)31)13-17-5-7-18(14-26)8-6-17/h5-8,15-16,19-21,35H,9-14,26H2,1-4H3,(H,27,34)(H,28,32)(H,29,33)(H,30,31)/t19-,20+,21+/m1/s1. The van der Waals surface area contributed by atoms with Crippen molar-refractivity contribution in [1.82, 2.24) is 16.1 Å². The van der Waals surface area contributed by atoms with Gasteiger partial charge in [-0.2, -0.15) is 0 Å². The number of carbonyl (C=O) groups excluding carboxylic acids is 3. The number of aliphatic carboxylic acids is 1. The van der Waals surface area contributed by atoms with Crippen LogP contribution in [0.5, 0.6) is 0 Å². The first-order valence-electron chi connectivity index (χ1n) is 12.0. The monoisotopic (exact) mass is 492 g/mol. The summed E-state index contributed by atoms with van der Waals surface area (Å²) in [5.74, 6) is -4.04. The predicted molar refractivity (Wildman–Crippen MR) is 131 cm³/mol. The summed E-state index contributed by atoms with van der Waals surface area (Å²) < 4.78 is 0. The highest BCUT2D eigenvalue weighted by atomic mass is 16.5. The van der Waals surface area contributed by atoms with Gasteiger partial charge in [0.05, 0.1) is 12.3 Å². The van der Waals surface area contributed by atoms with E-state index in [2.05, 4.69) is 10.6 Å². The highest BCUT2D eigenvalue weighted by Crippen LogP contribution is 2.27. The van der Waals surface area contributed by atoms with Gasteiger partial charge in [-0.1, -0.05) is 52.0 Å². The molecule has 0 bridgehead atoms. The second kappa shape index (κ2) is 15.1. The molecule has 1 aromatic rings. The second-order valence-electron chi connectivity index (χ2n) is 9.67. The molecule has 0 aliphatic carbocycles. The molecule has 0 aliphatic rings. The quantitative estimate of drug-likeness (QED) is 0.159. The van der Waals surface area contributed by atoms with Gasteiger partial charge < -0.3 is 21.5 Å². The van der Waals surface area contributed by atoms with E-state index in [-0.39, 0.29) is 31.2 Å². The van der Waals surface area contributed by atoms with Crippen molar-refractivity contribution in [1.29, 1.82) is 0 Å². The van der Waals surface area contributed by atoms with Crippen LogP contribution in [0.4, 0.5) is 0 Å². The number of hydrogen-bond donors (Lipinski definition) is 6. The number of carbonyl (C=O) groups is 4. The normalized spacial score (nSPS) is 13.7. The van der Waals surface area contributed by atoms with Gasteiger partial charge >= 0.3 is 5.97 Å². The summed E-state index contributed by atoms with van der Waals surface area (Å²) in [6, 6.07) is 6.33. The highest BCUT2D eigenvalue weighted by Gasteiger charge is 2.36. The first-order chi connectivity index (χ1) is 16.5. The van der Waals surface area contributed by atoms with Crippen LogP contribution in [-0.4, -0.2) is 46.6 Å². The molecule has 3 atom stereocenters. The summed E-state index contributed by atoms with van der Waals surface area (Å²) >= 11 is 0. The van der Waals surface area contributed by atoms with Crippen molar-refractivity contribution in [2.75, 3.05) is 6.54 Å². The van der Waals surface area contributed by atoms with Gasteiger partial charge in [-0.3, -0.25) is 24.4 Å². The molecule has 1 rings (SSSR count).